The molecule has 5 nitrogen and oxygen atoms in total. The molecule has 5 heteroatoms. The number of aromatic nitrogens is 3. The van der Waals surface area contributed by atoms with Crippen molar-refractivity contribution in [3.05, 3.63) is 24.0 Å². The predicted octanol–water partition coefficient (Wildman–Crippen LogP) is 1.43. The average molecular weight is 263 g/mol. The molecule has 0 unspecified atom stereocenters. The van der Waals surface area contributed by atoms with Gasteiger partial charge in [0.05, 0.1) is 12.2 Å². The summed E-state index contributed by atoms with van der Waals surface area (Å²) in [7, 11) is 0. The normalized spacial score (nSPS) is 15.1. The van der Waals surface area contributed by atoms with Crippen molar-refractivity contribution in [2.24, 2.45) is 0 Å². The van der Waals surface area contributed by atoms with Gasteiger partial charge in [-0.1, -0.05) is 24.3 Å². The van der Waals surface area contributed by atoms with Crippen LogP contribution in [-0.4, -0.2) is 45.6 Å². The predicted molar refractivity (Wildman–Crippen MR) is 76.8 cm³/mol. The van der Waals surface area contributed by atoms with Crippen molar-refractivity contribution in [1.29, 1.82) is 0 Å². The third-order valence-electron chi connectivity index (χ3n) is 3.32. The van der Waals surface area contributed by atoms with E-state index in [-0.39, 0.29) is 0 Å². The Morgan fingerprint density at radius 2 is 2.37 bits per heavy atom. The summed E-state index contributed by atoms with van der Waals surface area (Å²) in [6.45, 7) is 12.9. The van der Waals surface area contributed by atoms with Crippen LogP contribution in [0, 0.1) is 0 Å². The summed E-state index contributed by atoms with van der Waals surface area (Å²) in [6, 6.07) is 0.719. The number of likely N-dealkylation sites (N-methyl/N-ethyl adjacent to an activating group) is 1. The first kappa shape index (κ1) is 14.2. The Morgan fingerprint density at radius 3 is 3.00 bits per heavy atom. The second kappa shape index (κ2) is 6.82. The first-order chi connectivity index (χ1) is 9.17. The molecule has 0 atom stereocenters. The molecule has 1 saturated carbocycles. The molecule has 0 saturated heterocycles. The molecule has 0 amide bonds. The van der Waals surface area contributed by atoms with Gasteiger partial charge in [-0.3, -0.25) is 9.58 Å². The van der Waals surface area contributed by atoms with Gasteiger partial charge in [0, 0.05) is 31.9 Å². The zero-order valence-corrected chi connectivity index (χ0v) is 12.1. The molecule has 1 fully saturated rings. The van der Waals surface area contributed by atoms with Crippen LogP contribution in [0.1, 0.15) is 32.4 Å². The molecule has 19 heavy (non-hydrogen) atoms. The van der Waals surface area contributed by atoms with E-state index in [2.05, 4.69) is 41.0 Å². The summed E-state index contributed by atoms with van der Waals surface area (Å²) in [5.41, 5.74) is 2.24. The van der Waals surface area contributed by atoms with E-state index in [0.717, 1.165) is 44.5 Å². The van der Waals surface area contributed by atoms with E-state index in [1.165, 1.54) is 18.4 Å². The van der Waals surface area contributed by atoms with Crippen LogP contribution in [0.5, 0.6) is 0 Å². The molecule has 1 aliphatic rings. The van der Waals surface area contributed by atoms with Crippen molar-refractivity contribution in [2.75, 3.05) is 19.6 Å². The van der Waals surface area contributed by atoms with Gasteiger partial charge in [0.1, 0.15) is 0 Å². The second-order valence-electron chi connectivity index (χ2n) is 5.45. The first-order valence-electron chi connectivity index (χ1n) is 7.16. The molecule has 1 heterocycles. The average Bonchev–Trinajstić information content (AvgIpc) is 3.10. The summed E-state index contributed by atoms with van der Waals surface area (Å²) >= 11 is 0. The molecule has 0 bridgehead atoms. The maximum Gasteiger partial charge on any atom is 0.0964 e. The van der Waals surface area contributed by atoms with Crippen LogP contribution in [-0.2, 0) is 13.1 Å². The maximum atomic E-state index is 4.20. The zero-order valence-electron chi connectivity index (χ0n) is 12.1. The quantitative estimate of drug-likeness (QED) is 0.685. The lowest BCUT2D eigenvalue weighted by Gasteiger charge is -2.19. The third kappa shape index (κ3) is 5.12. The van der Waals surface area contributed by atoms with Crippen molar-refractivity contribution in [1.82, 2.24) is 25.2 Å². The number of hydrogen-bond acceptors (Lipinski definition) is 4. The van der Waals surface area contributed by atoms with Crippen molar-refractivity contribution in [3.63, 3.8) is 0 Å². The van der Waals surface area contributed by atoms with E-state index < -0.39 is 0 Å². The van der Waals surface area contributed by atoms with E-state index in [1.807, 2.05) is 10.9 Å². The monoisotopic (exact) mass is 263 g/mol. The van der Waals surface area contributed by atoms with Crippen LogP contribution >= 0.6 is 0 Å². The third-order valence-corrected chi connectivity index (χ3v) is 3.32. The van der Waals surface area contributed by atoms with E-state index >= 15 is 0 Å². The lowest BCUT2D eigenvalue weighted by Crippen LogP contribution is -2.29. The van der Waals surface area contributed by atoms with Crippen LogP contribution in [0.15, 0.2) is 18.3 Å². The Labute approximate surface area is 115 Å². The van der Waals surface area contributed by atoms with Gasteiger partial charge in [-0.15, -0.1) is 5.10 Å². The number of hydrogen-bond donors (Lipinski definition) is 1. The van der Waals surface area contributed by atoms with Crippen molar-refractivity contribution in [2.45, 2.75) is 45.8 Å². The smallest absolute Gasteiger partial charge is 0.0964 e. The summed E-state index contributed by atoms with van der Waals surface area (Å²) in [4.78, 5) is 2.37. The van der Waals surface area contributed by atoms with Gasteiger partial charge < -0.3 is 5.32 Å². The van der Waals surface area contributed by atoms with Gasteiger partial charge in [0.25, 0.3) is 0 Å². The standard InChI is InChI=1S/C14H25N5/c1-4-18(10-12(2)3)7-8-19-11-14(16-17-19)9-15-13-5-6-13/h11,13,15H,2,4-10H2,1,3H3. The lowest BCUT2D eigenvalue weighted by molar-refractivity contribution is 0.291. The minimum atomic E-state index is 0.719. The van der Waals surface area contributed by atoms with E-state index in [1.54, 1.807) is 0 Å². The van der Waals surface area contributed by atoms with E-state index in [4.69, 9.17) is 0 Å². The molecule has 0 aromatic carbocycles. The zero-order chi connectivity index (χ0) is 13.7. The molecule has 1 aliphatic carbocycles. The maximum absolute atomic E-state index is 4.20. The van der Waals surface area contributed by atoms with Crippen molar-refractivity contribution in [3.8, 4) is 0 Å². The SMILES string of the molecule is C=C(C)CN(CC)CCn1cc(CNC2CC2)nn1. The van der Waals surface area contributed by atoms with Crippen LogP contribution < -0.4 is 5.32 Å². The second-order valence-corrected chi connectivity index (χ2v) is 5.45. The van der Waals surface area contributed by atoms with Gasteiger partial charge in [-0.2, -0.15) is 0 Å². The molecule has 1 N–H and O–H groups in total. The minimum Gasteiger partial charge on any atom is -0.308 e. The van der Waals surface area contributed by atoms with Gasteiger partial charge in [-0.05, 0) is 26.3 Å². The highest BCUT2D eigenvalue weighted by molar-refractivity contribution is 4.94. The molecule has 106 valence electrons. The Morgan fingerprint density at radius 1 is 1.58 bits per heavy atom. The van der Waals surface area contributed by atoms with Crippen LogP contribution in [0.4, 0.5) is 0 Å². The number of nitrogens with zero attached hydrogens (tertiary/aromatic N) is 4. The molecule has 0 spiro atoms. The topological polar surface area (TPSA) is 46.0 Å². The van der Waals surface area contributed by atoms with Gasteiger partial charge in [0.2, 0.25) is 0 Å². The van der Waals surface area contributed by atoms with Crippen LogP contribution in [0.3, 0.4) is 0 Å². The fraction of sp³-hybridized carbons (Fsp3) is 0.714. The highest BCUT2D eigenvalue weighted by Gasteiger charge is 2.20. The van der Waals surface area contributed by atoms with Gasteiger partial charge in [0.15, 0.2) is 0 Å². The Kier molecular flexibility index (Phi) is 5.10. The molecule has 1 aromatic rings. The highest BCUT2D eigenvalue weighted by atomic mass is 15.4. The molecular weight excluding hydrogens is 238 g/mol. The van der Waals surface area contributed by atoms with Crippen molar-refractivity contribution < 1.29 is 0 Å². The largest absolute Gasteiger partial charge is 0.308 e. The van der Waals surface area contributed by atoms with Gasteiger partial charge >= 0.3 is 0 Å². The molecule has 0 radical (unpaired) electrons. The Balaban J connectivity index is 1.73. The fourth-order valence-corrected chi connectivity index (χ4v) is 2.04. The molecule has 2 rings (SSSR count). The van der Waals surface area contributed by atoms with Crippen LogP contribution in [0.2, 0.25) is 0 Å². The fourth-order valence-electron chi connectivity index (χ4n) is 2.04. The van der Waals surface area contributed by atoms with E-state index in [0.29, 0.717) is 0 Å². The minimum absolute atomic E-state index is 0.719. The molecule has 1 aromatic heterocycles. The number of nitrogens with one attached hydrogen (secondary N) is 1. The number of rotatable bonds is 9. The van der Waals surface area contributed by atoms with E-state index in [9.17, 15) is 0 Å². The molecule has 0 aliphatic heterocycles. The summed E-state index contributed by atoms with van der Waals surface area (Å²) in [5, 5.41) is 11.8. The summed E-state index contributed by atoms with van der Waals surface area (Å²) in [5.74, 6) is 0. The highest BCUT2D eigenvalue weighted by Crippen LogP contribution is 2.18. The Hall–Kier alpha value is -1.20. The summed E-state index contributed by atoms with van der Waals surface area (Å²) < 4.78 is 1.94. The van der Waals surface area contributed by atoms with Crippen molar-refractivity contribution >= 4 is 0 Å². The molecular formula is C14H25N5. The van der Waals surface area contributed by atoms with Gasteiger partial charge in [-0.25, -0.2) is 0 Å². The summed E-state index contributed by atoms with van der Waals surface area (Å²) in [6.07, 6.45) is 4.66. The lowest BCUT2D eigenvalue weighted by atomic mass is 10.3. The first-order valence-corrected chi connectivity index (χ1v) is 7.16. The van der Waals surface area contributed by atoms with Crippen LogP contribution in [0.25, 0.3) is 0 Å². The Bertz CT molecular complexity index is 408.